The van der Waals surface area contributed by atoms with Gasteiger partial charge in [0.2, 0.25) is 0 Å². The molecular weight excluding hydrogens is 378 g/mol. The number of methoxy groups -OCH3 is 2. The van der Waals surface area contributed by atoms with Gasteiger partial charge in [-0.2, -0.15) is 0 Å². The van der Waals surface area contributed by atoms with Crippen molar-refractivity contribution >= 4 is 22.7 Å². The zero-order valence-corrected chi connectivity index (χ0v) is 16.8. The van der Waals surface area contributed by atoms with Gasteiger partial charge in [-0.15, -0.1) is 0 Å². The monoisotopic (exact) mass is 401 g/mol. The maximum atomic E-state index is 13.7. The fourth-order valence-electron chi connectivity index (χ4n) is 3.62. The number of rotatable bonds is 5. The van der Waals surface area contributed by atoms with Crippen LogP contribution in [-0.4, -0.2) is 41.2 Å². The van der Waals surface area contributed by atoms with E-state index in [0.29, 0.717) is 4.90 Å². The fraction of sp³-hybridized carbons (Fsp3) is 0.333. The average molecular weight is 401 g/mol. The van der Waals surface area contributed by atoms with Gasteiger partial charge in [0.25, 0.3) is 0 Å². The number of aryl methyl sites for hydroxylation is 1. The first kappa shape index (κ1) is 20.2. The van der Waals surface area contributed by atoms with Gasteiger partial charge in [0.15, 0.2) is 4.75 Å². The molecule has 0 amide bonds. The highest BCUT2D eigenvalue weighted by Gasteiger charge is 2.60. The van der Waals surface area contributed by atoms with Gasteiger partial charge in [-0.1, -0.05) is 48.0 Å². The number of benzene rings is 2. The number of carbonyl (C=O) groups is 2. The maximum Gasteiger partial charge on any atom is 0.327 e. The first-order valence-electron chi connectivity index (χ1n) is 8.90. The Morgan fingerprint density at radius 3 is 2.25 bits per heavy atom. The third kappa shape index (κ3) is 3.47. The molecule has 28 heavy (non-hydrogen) atoms. The second-order valence-corrected chi connectivity index (χ2v) is 8.49. The lowest BCUT2D eigenvalue weighted by Crippen LogP contribution is -2.48. The standard InChI is InChI=1S/C21H23NO5S/c1-14-9-11-16(12-10-14)28(25)21(20(24)27-3)13-17(19(23)26-2)22-18(21)15-7-5-4-6-8-15/h4-12,17-18,22H,13H2,1-3H3/t17-,18+,21-,28+/m0/s1. The van der Waals surface area contributed by atoms with E-state index in [4.69, 9.17) is 9.47 Å². The molecule has 2 aromatic carbocycles. The molecule has 0 bridgehead atoms. The second kappa shape index (κ2) is 8.24. The van der Waals surface area contributed by atoms with Crippen LogP contribution in [0.4, 0.5) is 0 Å². The molecule has 4 atom stereocenters. The summed E-state index contributed by atoms with van der Waals surface area (Å²) in [4.78, 5) is 25.8. The van der Waals surface area contributed by atoms with Crippen LogP contribution in [0.5, 0.6) is 0 Å². The minimum Gasteiger partial charge on any atom is -0.468 e. The molecule has 7 heteroatoms. The minimum atomic E-state index is -1.77. The van der Waals surface area contributed by atoms with E-state index >= 15 is 0 Å². The predicted molar refractivity (Wildman–Crippen MR) is 105 cm³/mol. The van der Waals surface area contributed by atoms with Crippen LogP contribution in [0.2, 0.25) is 0 Å². The van der Waals surface area contributed by atoms with E-state index < -0.39 is 39.6 Å². The Morgan fingerprint density at radius 1 is 1.04 bits per heavy atom. The number of carbonyl (C=O) groups excluding carboxylic acids is 2. The fourth-order valence-corrected chi connectivity index (χ4v) is 5.40. The third-order valence-electron chi connectivity index (χ3n) is 5.06. The number of ether oxygens (including phenoxy) is 2. The van der Waals surface area contributed by atoms with E-state index in [1.807, 2.05) is 49.4 Å². The Hall–Kier alpha value is -2.51. The maximum absolute atomic E-state index is 13.7. The molecule has 0 spiro atoms. The number of esters is 2. The van der Waals surface area contributed by atoms with Gasteiger partial charge in [-0.3, -0.25) is 19.1 Å². The van der Waals surface area contributed by atoms with Crippen molar-refractivity contribution < 1.29 is 23.3 Å². The Bertz CT molecular complexity index is 883. The summed E-state index contributed by atoms with van der Waals surface area (Å²) in [7, 11) is 0.786. The highest BCUT2D eigenvalue weighted by molar-refractivity contribution is 7.87. The lowest BCUT2D eigenvalue weighted by atomic mass is 9.92. The summed E-state index contributed by atoms with van der Waals surface area (Å²) >= 11 is 0. The van der Waals surface area contributed by atoms with E-state index in [-0.39, 0.29) is 6.42 Å². The summed E-state index contributed by atoms with van der Waals surface area (Å²) in [6.07, 6.45) is 0.00634. The van der Waals surface area contributed by atoms with Gasteiger partial charge in [-0.05, 0) is 24.6 Å². The molecule has 2 aromatic rings. The second-order valence-electron chi connectivity index (χ2n) is 6.75. The van der Waals surface area contributed by atoms with Crippen molar-refractivity contribution in [2.24, 2.45) is 0 Å². The van der Waals surface area contributed by atoms with E-state index in [0.717, 1.165) is 11.1 Å². The summed E-state index contributed by atoms with van der Waals surface area (Å²) < 4.78 is 22.2. The molecule has 0 aromatic heterocycles. The van der Waals surface area contributed by atoms with E-state index in [1.165, 1.54) is 14.2 Å². The van der Waals surface area contributed by atoms with Crippen LogP contribution < -0.4 is 5.32 Å². The molecule has 1 heterocycles. The zero-order valence-electron chi connectivity index (χ0n) is 16.0. The molecule has 3 rings (SSSR count). The number of hydrogen-bond acceptors (Lipinski definition) is 6. The SMILES string of the molecule is COC(=O)[C@@H]1C[C@](C(=O)OC)([S@](=O)c2ccc(C)cc2)[C@@H](c2ccccc2)N1. The third-order valence-corrected chi connectivity index (χ3v) is 6.99. The van der Waals surface area contributed by atoms with Crippen LogP contribution in [0.15, 0.2) is 59.5 Å². The van der Waals surface area contributed by atoms with Crippen LogP contribution in [0.25, 0.3) is 0 Å². The van der Waals surface area contributed by atoms with E-state index in [1.54, 1.807) is 12.1 Å². The van der Waals surface area contributed by atoms with Crippen molar-refractivity contribution in [3.8, 4) is 0 Å². The molecule has 1 aliphatic rings. The van der Waals surface area contributed by atoms with Crippen molar-refractivity contribution in [2.45, 2.75) is 35.1 Å². The number of nitrogens with one attached hydrogen (secondary N) is 1. The van der Waals surface area contributed by atoms with Crippen LogP contribution in [0.3, 0.4) is 0 Å². The van der Waals surface area contributed by atoms with E-state index in [2.05, 4.69) is 5.32 Å². The summed E-state index contributed by atoms with van der Waals surface area (Å²) in [5.41, 5.74) is 1.77. The molecule has 1 fully saturated rings. The van der Waals surface area contributed by atoms with Crippen molar-refractivity contribution in [1.29, 1.82) is 0 Å². The number of hydrogen-bond donors (Lipinski definition) is 1. The molecule has 0 saturated carbocycles. The van der Waals surface area contributed by atoms with Crippen LogP contribution >= 0.6 is 0 Å². The first-order valence-corrected chi connectivity index (χ1v) is 10.0. The molecule has 6 nitrogen and oxygen atoms in total. The molecular formula is C21H23NO5S. The summed E-state index contributed by atoms with van der Waals surface area (Å²) in [5.74, 6) is -1.13. The molecule has 0 unspecified atom stereocenters. The summed E-state index contributed by atoms with van der Waals surface area (Å²) in [5, 5.41) is 3.16. The molecule has 1 aliphatic heterocycles. The summed E-state index contributed by atoms with van der Waals surface area (Å²) in [6, 6.07) is 14.9. The Kier molecular flexibility index (Phi) is 5.96. The van der Waals surface area contributed by atoms with Crippen LogP contribution in [0.1, 0.15) is 23.6 Å². The van der Waals surface area contributed by atoms with Gasteiger partial charge in [0.05, 0.1) is 31.1 Å². The van der Waals surface area contributed by atoms with Crippen molar-refractivity contribution in [2.75, 3.05) is 14.2 Å². The van der Waals surface area contributed by atoms with Gasteiger partial charge >= 0.3 is 11.9 Å². The molecule has 1 saturated heterocycles. The van der Waals surface area contributed by atoms with Crippen molar-refractivity contribution in [3.63, 3.8) is 0 Å². The Morgan fingerprint density at radius 2 is 1.68 bits per heavy atom. The lowest BCUT2D eigenvalue weighted by molar-refractivity contribution is -0.144. The molecule has 0 radical (unpaired) electrons. The van der Waals surface area contributed by atoms with Crippen LogP contribution in [0, 0.1) is 6.92 Å². The lowest BCUT2D eigenvalue weighted by Gasteiger charge is -2.31. The highest BCUT2D eigenvalue weighted by atomic mass is 32.2. The molecule has 148 valence electrons. The average Bonchev–Trinajstić information content (AvgIpc) is 3.15. The van der Waals surface area contributed by atoms with Gasteiger partial charge in [-0.25, -0.2) is 0 Å². The van der Waals surface area contributed by atoms with Gasteiger partial charge in [0, 0.05) is 11.3 Å². The minimum absolute atomic E-state index is 0.00634. The topological polar surface area (TPSA) is 81.7 Å². The smallest absolute Gasteiger partial charge is 0.327 e. The van der Waals surface area contributed by atoms with E-state index in [9.17, 15) is 13.8 Å². The quantitative estimate of drug-likeness (QED) is 0.775. The molecule has 1 N–H and O–H groups in total. The van der Waals surface area contributed by atoms with Crippen molar-refractivity contribution in [1.82, 2.24) is 5.32 Å². The Labute approximate surface area is 166 Å². The van der Waals surface area contributed by atoms with Gasteiger partial charge < -0.3 is 9.47 Å². The predicted octanol–water partition coefficient (Wildman–Crippen LogP) is 2.29. The zero-order chi connectivity index (χ0) is 20.3. The highest BCUT2D eigenvalue weighted by Crippen LogP contribution is 2.44. The molecule has 0 aliphatic carbocycles. The Balaban J connectivity index is 2.16. The largest absolute Gasteiger partial charge is 0.468 e. The normalized spacial score (nSPS) is 25.1. The van der Waals surface area contributed by atoms with Crippen LogP contribution in [-0.2, 0) is 29.9 Å². The van der Waals surface area contributed by atoms with Crippen molar-refractivity contribution in [3.05, 3.63) is 65.7 Å². The van der Waals surface area contributed by atoms with Gasteiger partial charge in [0.1, 0.15) is 6.04 Å². The first-order chi connectivity index (χ1) is 13.4. The summed E-state index contributed by atoms with van der Waals surface area (Å²) in [6.45, 7) is 1.93.